The molecule has 5 nitrogen and oxygen atoms in total. The Hall–Kier alpha value is -2.56. The monoisotopic (exact) mass is 293 g/mol. The van der Waals surface area contributed by atoms with Crippen LogP contribution in [0.2, 0.25) is 0 Å². The molecule has 2 heterocycles. The molecule has 2 aromatic heterocycles. The second-order valence-corrected chi connectivity index (χ2v) is 6.05. The third-order valence-corrected chi connectivity index (χ3v) is 4.75. The van der Waals surface area contributed by atoms with Crippen LogP contribution in [0.4, 0.5) is 11.5 Å². The fourth-order valence-electron chi connectivity index (χ4n) is 3.57. The van der Waals surface area contributed by atoms with E-state index in [0.29, 0.717) is 17.8 Å². The lowest BCUT2D eigenvalue weighted by Crippen LogP contribution is -2.05. The molecule has 4 N–H and O–H groups in total. The fourth-order valence-corrected chi connectivity index (χ4v) is 3.57. The highest BCUT2D eigenvalue weighted by atomic mass is 15.1. The van der Waals surface area contributed by atoms with Crippen LogP contribution in [-0.4, -0.2) is 14.5 Å². The Bertz CT molecular complexity index is 806. The topological polar surface area (TPSA) is 82.8 Å². The molecular weight excluding hydrogens is 274 g/mol. The molecule has 0 aliphatic heterocycles. The van der Waals surface area contributed by atoms with Crippen LogP contribution in [0.5, 0.6) is 0 Å². The minimum absolute atomic E-state index is 0.467. The molecule has 5 heteroatoms. The van der Waals surface area contributed by atoms with E-state index in [9.17, 15) is 0 Å². The van der Waals surface area contributed by atoms with Crippen molar-refractivity contribution in [3.63, 3.8) is 0 Å². The molecule has 3 aromatic rings. The molecule has 1 aliphatic rings. The smallest absolute Gasteiger partial charge is 0.145 e. The van der Waals surface area contributed by atoms with E-state index in [1.165, 1.54) is 12.0 Å². The third kappa shape index (κ3) is 2.09. The van der Waals surface area contributed by atoms with Crippen LogP contribution in [0.1, 0.15) is 36.8 Å². The Balaban J connectivity index is 1.62. The first-order valence-corrected chi connectivity index (χ1v) is 7.65. The van der Waals surface area contributed by atoms with Gasteiger partial charge in [0.05, 0.1) is 5.39 Å². The maximum absolute atomic E-state index is 5.92. The number of benzene rings is 1. The van der Waals surface area contributed by atoms with E-state index in [-0.39, 0.29) is 0 Å². The molecule has 1 fully saturated rings. The van der Waals surface area contributed by atoms with Crippen LogP contribution >= 0.6 is 0 Å². The summed E-state index contributed by atoms with van der Waals surface area (Å²) in [7, 11) is 0. The number of nitrogens with two attached hydrogens (primary N) is 2. The summed E-state index contributed by atoms with van der Waals surface area (Å²) in [5.41, 5.74) is 14.8. The summed E-state index contributed by atoms with van der Waals surface area (Å²) in [5, 5.41) is 0.943. The summed E-state index contributed by atoms with van der Waals surface area (Å²) < 4.78 is 2.25. The van der Waals surface area contributed by atoms with Gasteiger partial charge in [0.25, 0.3) is 0 Å². The molecule has 0 bridgehead atoms. The molecule has 22 heavy (non-hydrogen) atoms. The van der Waals surface area contributed by atoms with E-state index in [1.807, 2.05) is 18.2 Å². The zero-order chi connectivity index (χ0) is 15.1. The van der Waals surface area contributed by atoms with Crippen LogP contribution in [0, 0.1) is 0 Å². The normalized spacial score (nSPS) is 21.5. The predicted octanol–water partition coefficient (Wildman–Crippen LogP) is 3.10. The zero-order valence-electron chi connectivity index (χ0n) is 12.3. The van der Waals surface area contributed by atoms with Crippen LogP contribution in [0.25, 0.3) is 11.0 Å². The van der Waals surface area contributed by atoms with Crippen LogP contribution in [0.15, 0.2) is 42.9 Å². The lowest BCUT2D eigenvalue weighted by Gasteiger charge is -2.14. The maximum atomic E-state index is 5.92. The van der Waals surface area contributed by atoms with E-state index >= 15 is 0 Å². The Morgan fingerprint density at radius 1 is 1.00 bits per heavy atom. The molecule has 2 atom stereocenters. The largest absolute Gasteiger partial charge is 0.399 e. The van der Waals surface area contributed by atoms with Gasteiger partial charge in [-0.1, -0.05) is 12.1 Å². The van der Waals surface area contributed by atoms with Crippen LogP contribution in [0.3, 0.4) is 0 Å². The second kappa shape index (κ2) is 5.02. The van der Waals surface area contributed by atoms with Gasteiger partial charge < -0.3 is 16.0 Å². The third-order valence-electron chi connectivity index (χ3n) is 4.75. The van der Waals surface area contributed by atoms with Gasteiger partial charge in [0.2, 0.25) is 0 Å². The van der Waals surface area contributed by atoms with Crippen LogP contribution in [-0.2, 0) is 0 Å². The molecule has 2 unspecified atom stereocenters. The molecule has 4 rings (SSSR count). The first-order chi connectivity index (χ1) is 10.7. The molecule has 112 valence electrons. The molecule has 0 spiro atoms. The average Bonchev–Trinajstić information content (AvgIpc) is 3.15. The Kier molecular flexibility index (Phi) is 2.99. The molecule has 0 amide bonds. The SMILES string of the molecule is Nc1ccc(C2CCC(n3ccc4c(N)ncnc43)C2)cc1. The van der Waals surface area contributed by atoms with E-state index in [2.05, 4.69) is 32.9 Å². The van der Waals surface area contributed by atoms with Crippen molar-refractivity contribution in [1.82, 2.24) is 14.5 Å². The van der Waals surface area contributed by atoms with Gasteiger partial charge in [0.1, 0.15) is 17.8 Å². The number of hydrogen-bond donors (Lipinski definition) is 2. The number of fused-ring (bicyclic) bond motifs is 1. The van der Waals surface area contributed by atoms with Gasteiger partial charge in [-0.2, -0.15) is 0 Å². The second-order valence-electron chi connectivity index (χ2n) is 6.05. The molecule has 0 radical (unpaired) electrons. The maximum Gasteiger partial charge on any atom is 0.145 e. The minimum atomic E-state index is 0.467. The van der Waals surface area contributed by atoms with E-state index in [1.54, 1.807) is 6.33 Å². The van der Waals surface area contributed by atoms with Crippen molar-refractivity contribution < 1.29 is 0 Å². The van der Waals surface area contributed by atoms with Gasteiger partial charge in [-0.05, 0) is 48.9 Å². The minimum Gasteiger partial charge on any atom is -0.399 e. The van der Waals surface area contributed by atoms with Gasteiger partial charge in [0, 0.05) is 17.9 Å². The lowest BCUT2D eigenvalue weighted by molar-refractivity contribution is 0.523. The Morgan fingerprint density at radius 3 is 2.64 bits per heavy atom. The number of nitrogens with zero attached hydrogens (tertiary/aromatic N) is 3. The molecule has 0 saturated heterocycles. The summed E-state index contributed by atoms with van der Waals surface area (Å²) in [6.45, 7) is 0. The highest BCUT2D eigenvalue weighted by Crippen LogP contribution is 2.42. The zero-order valence-corrected chi connectivity index (χ0v) is 12.3. The van der Waals surface area contributed by atoms with Gasteiger partial charge in [-0.3, -0.25) is 0 Å². The summed E-state index contributed by atoms with van der Waals surface area (Å²) in [6.07, 6.45) is 7.10. The van der Waals surface area contributed by atoms with Crippen molar-refractivity contribution in [2.45, 2.75) is 31.2 Å². The summed E-state index contributed by atoms with van der Waals surface area (Å²) >= 11 is 0. The first-order valence-electron chi connectivity index (χ1n) is 7.65. The van der Waals surface area contributed by atoms with Gasteiger partial charge in [0.15, 0.2) is 0 Å². The number of rotatable bonds is 2. The van der Waals surface area contributed by atoms with Gasteiger partial charge in [-0.15, -0.1) is 0 Å². The highest BCUT2D eigenvalue weighted by molar-refractivity contribution is 5.86. The highest BCUT2D eigenvalue weighted by Gasteiger charge is 2.28. The molecular formula is C17H19N5. The molecule has 1 aliphatic carbocycles. The lowest BCUT2D eigenvalue weighted by atomic mass is 9.97. The fraction of sp³-hybridized carbons (Fsp3) is 0.294. The predicted molar refractivity (Wildman–Crippen MR) is 88.4 cm³/mol. The van der Waals surface area contributed by atoms with Crippen molar-refractivity contribution in [3.05, 3.63) is 48.4 Å². The van der Waals surface area contributed by atoms with Gasteiger partial charge in [-0.25, -0.2) is 9.97 Å². The van der Waals surface area contributed by atoms with Crippen molar-refractivity contribution in [2.24, 2.45) is 0 Å². The Morgan fingerprint density at radius 2 is 1.82 bits per heavy atom. The summed E-state index contributed by atoms with van der Waals surface area (Å²) in [4.78, 5) is 8.47. The van der Waals surface area contributed by atoms with Crippen molar-refractivity contribution in [3.8, 4) is 0 Å². The number of anilines is 2. The standard InChI is InChI=1S/C17H19N5/c18-13-4-1-11(2-5-13)12-3-6-14(9-12)22-8-7-15-16(19)20-10-21-17(15)22/h1-2,4-5,7-8,10,12,14H,3,6,9,18H2,(H2,19,20,21). The number of hydrogen-bond acceptors (Lipinski definition) is 4. The average molecular weight is 293 g/mol. The summed E-state index contributed by atoms with van der Waals surface area (Å²) in [6, 6.07) is 10.8. The van der Waals surface area contributed by atoms with E-state index in [4.69, 9.17) is 11.5 Å². The number of aromatic nitrogens is 3. The van der Waals surface area contributed by atoms with E-state index < -0.39 is 0 Å². The van der Waals surface area contributed by atoms with Crippen LogP contribution < -0.4 is 11.5 Å². The van der Waals surface area contributed by atoms with E-state index in [0.717, 1.165) is 29.6 Å². The van der Waals surface area contributed by atoms with Crippen molar-refractivity contribution in [1.29, 1.82) is 0 Å². The Labute approximate surface area is 129 Å². The van der Waals surface area contributed by atoms with Crippen molar-refractivity contribution in [2.75, 3.05) is 11.5 Å². The first kappa shape index (κ1) is 13.1. The quantitative estimate of drug-likeness (QED) is 0.711. The summed E-state index contributed by atoms with van der Waals surface area (Å²) in [5.74, 6) is 1.14. The van der Waals surface area contributed by atoms with Crippen molar-refractivity contribution >= 4 is 22.5 Å². The van der Waals surface area contributed by atoms with Gasteiger partial charge >= 0.3 is 0 Å². The molecule has 1 aromatic carbocycles. The number of nitrogen functional groups attached to an aromatic ring is 2. The molecule has 1 saturated carbocycles.